The fourth-order valence-corrected chi connectivity index (χ4v) is 2.25. The maximum Gasteiger partial charge on any atom is 0.234 e. The van der Waals surface area contributed by atoms with Crippen molar-refractivity contribution in [1.82, 2.24) is 0 Å². The average Bonchev–Trinajstić information content (AvgIpc) is 2.36. The molecule has 2 aliphatic carbocycles. The van der Waals surface area contributed by atoms with Crippen LogP contribution in [0.4, 0.5) is 0 Å². The first kappa shape index (κ1) is 9.90. The normalized spacial score (nSPS) is 18.2. The van der Waals surface area contributed by atoms with Crippen molar-refractivity contribution in [3.63, 3.8) is 0 Å². The minimum atomic E-state index is -0.581. The summed E-state index contributed by atoms with van der Waals surface area (Å²) in [6.07, 6.45) is 3.49. The molecule has 0 aliphatic heterocycles. The van der Waals surface area contributed by atoms with Gasteiger partial charge in [-0.2, -0.15) is 0 Å². The molecule has 0 radical (unpaired) electrons. The Hall–Kier alpha value is -2.29. The first-order chi connectivity index (χ1) is 8.20. The molecule has 82 valence electrons. The second-order valence-electron chi connectivity index (χ2n) is 4.02. The molecule has 0 heterocycles. The van der Waals surface area contributed by atoms with E-state index in [2.05, 4.69) is 0 Å². The molecule has 0 bridgehead atoms. The number of benzene rings is 1. The summed E-state index contributed by atoms with van der Waals surface area (Å²) in [6, 6.07) is 6.76. The van der Waals surface area contributed by atoms with Gasteiger partial charge in [0.25, 0.3) is 0 Å². The lowest BCUT2D eigenvalue weighted by Gasteiger charge is -2.20. The van der Waals surface area contributed by atoms with Crippen LogP contribution in [-0.4, -0.2) is 17.3 Å². The predicted octanol–water partition coefficient (Wildman–Crippen LogP) is 1.73. The quantitative estimate of drug-likeness (QED) is 0.630. The van der Waals surface area contributed by atoms with E-state index < -0.39 is 11.6 Å². The third-order valence-electron chi connectivity index (χ3n) is 3.03. The first-order valence-electron chi connectivity index (χ1n) is 5.32. The molecule has 0 aromatic heterocycles. The molecule has 0 fully saturated rings. The number of hydrogen-bond donors (Lipinski definition) is 0. The van der Waals surface area contributed by atoms with Gasteiger partial charge in [-0.05, 0) is 5.56 Å². The predicted molar refractivity (Wildman–Crippen MR) is 61.5 cm³/mol. The van der Waals surface area contributed by atoms with Crippen molar-refractivity contribution in [2.75, 3.05) is 0 Å². The van der Waals surface area contributed by atoms with Crippen LogP contribution in [0, 0.1) is 0 Å². The second-order valence-corrected chi connectivity index (χ2v) is 4.02. The molecule has 0 saturated carbocycles. The Kier molecular flexibility index (Phi) is 1.95. The van der Waals surface area contributed by atoms with Crippen molar-refractivity contribution in [3.8, 4) is 0 Å². The summed E-state index contributed by atoms with van der Waals surface area (Å²) in [7, 11) is 0. The standard InChI is InChI=1S/C14H8O3/c15-11-7-3-6-10-12(11)8-4-1-2-5-9(8)13(16)14(10)17/h1-6H,7H2. The molecule has 3 heteroatoms. The summed E-state index contributed by atoms with van der Waals surface area (Å²) < 4.78 is 0. The molecule has 0 unspecified atom stereocenters. The molecule has 1 aromatic carbocycles. The van der Waals surface area contributed by atoms with Gasteiger partial charge >= 0.3 is 0 Å². The van der Waals surface area contributed by atoms with Crippen LogP contribution in [0.1, 0.15) is 22.3 Å². The SMILES string of the molecule is O=C1CC=CC2=C1c1ccccc1C(=O)C2=O. The number of Topliss-reactive ketones (excluding diaryl/α,β-unsaturated/α-hetero) is 3. The van der Waals surface area contributed by atoms with E-state index in [-0.39, 0.29) is 17.8 Å². The van der Waals surface area contributed by atoms with Crippen LogP contribution in [0.25, 0.3) is 5.57 Å². The van der Waals surface area contributed by atoms with Gasteiger partial charge in [0.05, 0.1) is 0 Å². The molecule has 3 rings (SSSR count). The van der Waals surface area contributed by atoms with E-state index >= 15 is 0 Å². The number of fused-ring (bicyclic) bond motifs is 2. The molecule has 2 aliphatic rings. The highest BCUT2D eigenvalue weighted by atomic mass is 16.2. The van der Waals surface area contributed by atoms with Crippen molar-refractivity contribution >= 4 is 22.9 Å². The molecule has 0 N–H and O–H groups in total. The van der Waals surface area contributed by atoms with E-state index in [1.54, 1.807) is 36.4 Å². The van der Waals surface area contributed by atoms with E-state index in [1.165, 1.54) is 0 Å². The lowest BCUT2D eigenvalue weighted by atomic mass is 9.79. The Bertz CT molecular complexity index is 633. The van der Waals surface area contributed by atoms with Crippen LogP contribution in [0.5, 0.6) is 0 Å². The fraction of sp³-hybridized carbons (Fsp3) is 0.0714. The highest BCUT2D eigenvalue weighted by Gasteiger charge is 2.34. The number of carbonyl (C=O) groups is 3. The number of allylic oxidation sites excluding steroid dienone is 4. The molecule has 0 saturated heterocycles. The summed E-state index contributed by atoms with van der Waals surface area (Å²) in [5.74, 6) is -1.21. The van der Waals surface area contributed by atoms with Gasteiger partial charge in [-0.25, -0.2) is 0 Å². The molecule has 1 aromatic rings. The largest absolute Gasteiger partial charge is 0.294 e. The van der Waals surface area contributed by atoms with Gasteiger partial charge in [-0.3, -0.25) is 14.4 Å². The Labute approximate surface area is 97.4 Å². The summed E-state index contributed by atoms with van der Waals surface area (Å²) >= 11 is 0. The molecular formula is C14H8O3. The van der Waals surface area contributed by atoms with Crippen LogP contribution in [-0.2, 0) is 9.59 Å². The number of rotatable bonds is 0. The number of carbonyl (C=O) groups excluding carboxylic acids is 3. The third-order valence-corrected chi connectivity index (χ3v) is 3.03. The lowest BCUT2D eigenvalue weighted by molar-refractivity contribution is -0.114. The van der Waals surface area contributed by atoms with Crippen LogP contribution >= 0.6 is 0 Å². The van der Waals surface area contributed by atoms with Gasteiger partial charge < -0.3 is 0 Å². The molecule has 3 nitrogen and oxygen atoms in total. The van der Waals surface area contributed by atoms with Gasteiger partial charge in [0.1, 0.15) is 0 Å². The van der Waals surface area contributed by atoms with Gasteiger partial charge in [0.2, 0.25) is 11.6 Å². The van der Waals surface area contributed by atoms with Crippen molar-refractivity contribution in [2.24, 2.45) is 0 Å². The van der Waals surface area contributed by atoms with Crippen molar-refractivity contribution in [3.05, 3.63) is 53.1 Å². The second kappa shape index (κ2) is 3.35. The first-order valence-corrected chi connectivity index (χ1v) is 5.32. The topological polar surface area (TPSA) is 51.2 Å². The lowest BCUT2D eigenvalue weighted by Crippen LogP contribution is -2.26. The van der Waals surface area contributed by atoms with Crippen LogP contribution in [0.15, 0.2) is 42.0 Å². The van der Waals surface area contributed by atoms with E-state index in [9.17, 15) is 14.4 Å². The zero-order chi connectivity index (χ0) is 12.0. The van der Waals surface area contributed by atoms with Crippen LogP contribution < -0.4 is 0 Å². The van der Waals surface area contributed by atoms with Gasteiger partial charge in [0, 0.05) is 23.1 Å². The zero-order valence-corrected chi connectivity index (χ0v) is 8.90. The Morgan fingerprint density at radius 2 is 1.59 bits per heavy atom. The van der Waals surface area contributed by atoms with E-state index in [4.69, 9.17) is 0 Å². The Morgan fingerprint density at radius 3 is 2.35 bits per heavy atom. The fourth-order valence-electron chi connectivity index (χ4n) is 2.25. The van der Waals surface area contributed by atoms with E-state index in [1.807, 2.05) is 0 Å². The van der Waals surface area contributed by atoms with Crippen LogP contribution in [0.2, 0.25) is 0 Å². The molecule has 0 atom stereocenters. The van der Waals surface area contributed by atoms with E-state index in [0.29, 0.717) is 16.7 Å². The van der Waals surface area contributed by atoms with Crippen LogP contribution in [0.3, 0.4) is 0 Å². The van der Waals surface area contributed by atoms with Gasteiger partial charge in [0.15, 0.2) is 5.78 Å². The van der Waals surface area contributed by atoms with Gasteiger partial charge in [-0.1, -0.05) is 36.4 Å². The minimum Gasteiger partial charge on any atom is -0.294 e. The van der Waals surface area contributed by atoms with Gasteiger partial charge in [-0.15, -0.1) is 0 Å². The summed E-state index contributed by atoms with van der Waals surface area (Å²) in [6.45, 7) is 0. The Balaban J connectivity index is 2.38. The van der Waals surface area contributed by atoms with Crippen molar-refractivity contribution in [2.45, 2.75) is 6.42 Å². The third kappa shape index (κ3) is 1.25. The minimum absolute atomic E-state index is 0.101. The number of hydrogen-bond acceptors (Lipinski definition) is 3. The van der Waals surface area contributed by atoms with Crippen molar-refractivity contribution in [1.29, 1.82) is 0 Å². The molecule has 17 heavy (non-hydrogen) atoms. The monoisotopic (exact) mass is 224 g/mol. The summed E-state index contributed by atoms with van der Waals surface area (Å²) in [5, 5.41) is 0. The molecule has 0 amide bonds. The molecular weight excluding hydrogens is 216 g/mol. The molecule has 0 spiro atoms. The highest BCUT2D eigenvalue weighted by Crippen LogP contribution is 2.33. The van der Waals surface area contributed by atoms with Crippen molar-refractivity contribution < 1.29 is 14.4 Å². The highest BCUT2D eigenvalue weighted by molar-refractivity contribution is 6.56. The summed E-state index contributed by atoms with van der Waals surface area (Å²) in [5.41, 5.74) is 1.55. The average molecular weight is 224 g/mol. The zero-order valence-electron chi connectivity index (χ0n) is 8.90. The summed E-state index contributed by atoms with van der Waals surface area (Å²) in [4.78, 5) is 35.6. The maximum absolute atomic E-state index is 11.9. The van der Waals surface area contributed by atoms with E-state index in [0.717, 1.165) is 0 Å². The smallest absolute Gasteiger partial charge is 0.234 e. The maximum atomic E-state index is 11.9. The number of ketones is 3. The Morgan fingerprint density at radius 1 is 0.882 bits per heavy atom.